The van der Waals surface area contributed by atoms with E-state index in [0.29, 0.717) is 0 Å². The summed E-state index contributed by atoms with van der Waals surface area (Å²) in [5.74, 6) is -2.52. The number of nitrogens with zero attached hydrogens (tertiary/aromatic N) is 2. The van der Waals surface area contributed by atoms with Crippen molar-refractivity contribution >= 4 is 11.9 Å². The first-order chi connectivity index (χ1) is 13.2. The fraction of sp³-hybridized carbons (Fsp3) is 0.190. The monoisotopic (exact) mass is 364 g/mol. The number of methoxy groups -OCH3 is 2. The third-order valence-electron chi connectivity index (χ3n) is 4.33. The van der Waals surface area contributed by atoms with Gasteiger partial charge < -0.3 is 9.47 Å². The van der Waals surface area contributed by atoms with Crippen molar-refractivity contribution < 1.29 is 19.1 Å². The number of esters is 2. The van der Waals surface area contributed by atoms with Crippen molar-refractivity contribution in [2.75, 3.05) is 14.2 Å². The summed E-state index contributed by atoms with van der Waals surface area (Å²) in [7, 11) is 2.50. The van der Waals surface area contributed by atoms with Crippen LogP contribution in [0.5, 0.6) is 0 Å². The lowest BCUT2D eigenvalue weighted by molar-refractivity contribution is -0.160. The van der Waals surface area contributed by atoms with Gasteiger partial charge in [-0.2, -0.15) is 5.10 Å². The highest BCUT2D eigenvalue weighted by atomic mass is 16.5. The highest BCUT2D eigenvalue weighted by molar-refractivity contribution is 5.96. The molecular formula is C21H20N2O4. The smallest absolute Gasteiger partial charge is 0.322 e. The fourth-order valence-electron chi connectivity index (χ4n) is 3.01. The number of carbonyl (C=O) groups is 2. The average Bonchev–Trinajstić information content (AvgIpc) is 3.21. The van der Waals surface area contributed by atoms with E-state index in [1.807, 2.05) is 66.7 Å². The van der Waals surface area contributed by atoms with Crippen LogP contribution in [0.2, 0.25) is 0 Å². The molecule has 0 aliphatic heterocycles. The van der Waals surface area contributed by atoms with Crippen LogP contribution in [0.25, 0.3) is 11.3 Å². The molecule has 3 aromatic rings. The molecule has 1 aromatic heterocycles. The quantitative estimate of drug-likeness (QED) is 0.496. The van der Waals surface area contributed by atoms with E-state index >= 15 is 0 Å². The molecule has 1 atom stereocenters. The van der Waals surface area contributed by atoms with Gasteiger partial charge in [-0.25, -0.2) is 0 Å². The van der Waals surface area contributed by atoms with E-state index in [-0.39, 0.29) is 0 Å². The van der Waals surface area contributed by atoms with Crippen molar-refractivity contribution in [3.8, 4) is 11.3 Å². The van der Waals surface area contributed by atoms with Gasteiger partial charge in [-0.15, -0.1) is 0 Å². The second-order valence-corrected chi connectivity index (χ2v) is 5.93. The second-order valence-electron chi connectivity index (χ2n) is 5.93. The summed E-state index contributed by atoms with van der Waals surface area (Å²) in [6.07, 6.45) is 1.75. The summed E-state index contributed by atoms with van der Waals surface area (Å²) in [6.45, 7) is 0. The normalized spacial score (nSPS) is 11.8. The maximum absolute atomic E-state index is 12.4. The van der Waals surface area contributed by atoms with Gasteiger partial charge in [-0.1, -0.05) is 60.7 Å². The number of rotatable bonds is 6. The Kier molecular flexibility index (Phi) is 5.66. The van der Waals surface area contributed by atoms with Gasteiger partial charge in [0, 0.05) is 11.8 Å². The summed E-state index contributed by atoms with van der Waals surface area (Å²) in [5.41, 5.74) is 2.43. The molecule has 0 saturated carbocycles. The SMILES string of the molecule is COC(=O)C(C(=O)OC)C(c1ccccc1)n1ccc(-c2ccccc2)n1. The Morgan fingerprint density at radius 1 is 0.852 bits per heavy atom. The van der Waals surface area contributed by atoms with Gasteiger partial charge in [0.15, 0.2) is 5.92 Å². The summed E-state index contributed by atoms with van der Waals surface area (Å²) in [5, 5.41) is 4.61. The van der Waals surface area contributed by atoms with Crippen molar-refractivity contribution in [1.29, 1.82) is 0 Å². The van der Waals surface area contributed by atoms with Crippen molar-refractivity contribution in [1.82, 2.24) is 9.78 Å². The van der Waals surface area contributed by atoms with E-state index in [9.17, 15) is 9.59 Å². The Labute approximate surface area is 157 Å². The lowest BCUT2D eigenvalue weighted by atomic mass is 9.93. The van der Waals surface area contributed by atoms with Crippen LogP contribution in [0.15, 0.2) is 72.9 Å². The Balaban J connectivity index is 2.09. The van der Waals surface area contributed by atoms with Crippen molar-refractivity contribution in [3.63, 3.8) is 0 Å². The summed E-state index contributed by atoms with van der Waals surface area (Å²) in [6, 6.07) is 20.1. The molecule has 138 valence electrons. The zero-order valence-electron chi connectivity index (χ0n) is 15.1. The molecule has 1 unspecified atom stereocenters. The van der Waals surface area contributed by atoms with Gasteiger partial charge in [-0.05, 0) is 11.6 Å². The van der Waals surface area contributed by atoms with Crippen LogP contribution >= 0.6 is 0 Å². The molecule has 0 bridgehead atoms. The lowest BCUT2D eigenvalue weighted by Crippen LogP contribution is -2.36. The average molecular weight is 364 g/mol. The van der Waals surface area contributed by atoms with Crippen LogP contribution in [0.4, 0.5) is 0 Å². The van der Waals surface area contributed by atoms with Gasteiger partial charge in [0.25, 0.3) is 0 Å². The Bertz CT molecular complexity index is 890. The molecule has 0 fully saturated rings. The van der Waals surface area contributed by atoms with E-state index in [0.717, 1.165) is 16.8 Å². The summed E-state index contributed by atoms with van der Waals surface area (Å²) < 4.78 is 11.3. The standard InChI is InChI=1S/C21H20N2O4/c1-26-20(24)18(21(25)27-2)19(16-11-7-4-8-12-16)23-14-13-17(22-23)15-9-5-3-6-10-15/h3-14,18-19H,1-2H3. The zero-order valence-corrected chi connectivity index (χ0v) is 15.1. The minimum absolute atomic E-state index is 0.674. The topological polar surface area (TPSA) is 70.4 Å². The lowest BCUT2D eigenvalue weighted by Gasteiger charge is -2.24. The molecule has 2 aromatic carbocycles. The van der Waals surface area contributed by atoms with Crippen molar-refractivity contribution in [2.24, 2.45) is 5.92 Å². The minimum atomic E-state index is -1.18. The summed E-state index contributed by atoms with van der Waals surface area (Å²) in [4.78, 5) is 24.8. The highest BCUT2D eigenvalue weighted by Crippen LogP contribution is 2.30. The predicted molar refractivity (Wildman–Crippen MR) is 99.8 cm³/mol. The first kappa shape index (κ1) is 18.4. The van der Waals surface area contributed by atoms with Gasteiger partial charge in [0.2, 0.25) is 0 Å². The Hall–Kier alpha value is -3.41. The number of carbonyl (C=O) groups excluding carboxylic acids is 2. The first-order valence-electron chi connectivity index (χ1n) is 8.47. The van der Waals surface area contributed by atoms with Crippen LogP contribution in [0, 0.1) is 5.92 Å². The van der Waals surface area contributed by atoms with Gasteiger partial charge >= 0.3 is 11.9 Å². The number of hydrogen-bond donors (Lipinski definition) is 0. The maximum atomic E-state index is 12.4. The zero-order chi connectivity index (χ0) is 19.2. The van der Waals surface area contributed by atoms with Gasteiger partial charge in [0.1, 0.15) is 6.04 Å². The van der Waals surface area contributed by atoms with Crippen molar-refractivity contribution in [2.45, 2.75) is 6.04 Å². The number of benzene rings is 2. The van der Waals surface area contributed by atoms with Crippen molar-refractivity contribution in [3.05, 3.63) is 78.5 Å². The largest absolute Gasteiger partial charge is 0.468 e. The van der Waals surface area contributed by atoms with Crippen LogP contribution < -0.4 is 0 Å². The third kappa shape index (κ3) is 3.89. The summed E-state index contributed by atoms with van der Waals surface area (Å²) >= 11 is 0. The number of aromatic nitrogens is 2. The molecule has 6 heteroatoms. The van der Waals surface area contributed by atoms with Gasteiger partial charge in [-0.3, -0.25) is 14.3 Å². The molecule has 0 amide bonds. The number of hydrogen-bond acceptors (Lipinski definition) is 5. The van der Waals surface area contributed by atoms with E-state index in [2.05, 4.69) is 5.10 Å². The minimum Gasteiger partial charge on any atom is -0.468 e. The van der Waals surface area contributed by atoms with E-state index in [1.165, 1.54) is 14.2 Å². The molecule has 0 saturated heterocycles. The van der Waals surface area contributed by atoms with Crippen LogP contribution in [0.3, 0.4) is 0 Å². The van der Waals surface area contributed by atoms with Crippen LogP contribution in [-0.2, 0) is 19.1 Å². The van der Waals surface area contributed by atoms with E-state index in [1.54, 1.807) is 10.9 Å². The first-order valence-corrected chi connectivity index (χ1v) is 8.47. The molecule has 6 nitrogen and oxygen atoms in total. The predicted octanol–water partition coefficient (Wildman–Crippen LogP) is 3.10. The molecule has 0 radical (unpaired) electrons. The second kappa shape index (κ2) is 8.31. The van der Waals surface area contributed by atoms with Gasteiger partial charge in [0.05, 0.1) is 19.9 Å². The maximum Gasteiger partial charge on any atom is 0.322 e. The Morgan fingerprint density at radius 2 is 1.41 bits per heavy atom. The Morgan fingerprint density at radius 3 is 1.96 bits per heavy atom. The molecule has 1 heterocycles. The van der Waals surface area contributed by atoms with Crippen LogP contribution in [0.1, 0.15) is 11.6 Å². The number of ether oxygens (including phenoxy) is 2. The highest BCUT2D eigenvalue weighted by Gasteiger charge is 2.39. The molecule has 3 rings (SSSR count). The van der Waals surface area contributed by atoms with Crippen LogP contribution in [-0.4, -0.2) is 35.9 Å². The van der Waals surface area contributed by atoms with E-state index in [4.69, 9.17) is 9.47 Å². The third-order valence-corrected chi connectivity index (χ3v) is 4.33. The fourth-order valence-corrected chi connectivity index (χ4v) is 3.01. The molecular weight excluding hydrogens is 344 g/mol. The molecule has 27 heavy (non-hydrogen) atoms. The van der Waals surface area contributed by atoms with E-state index < -0.39 is 23.9 Å². The molecule has 0 aliphatic rings. The molecule has 0 spiro atoms. The molecule has 0 N–H and O–H groups in total. The molecule has 0 aliphatic carbocycles.